The molecule has 0 spiro atoms. The zero-order valence-electron chi connectivity index (χ0n) is 15.4. The number of hydrogen-bond acceptors (Lipinski definition) is 3. The van der Waals surface area contributed by atoms with Crippen LogP contribution in [-0.2, 0) is 4.79 Å². The molecule has 1 amide bonds. The number of Topliss-reactive ketones (excluding diaryl/α,β-unsaturated/α-hetero) is 1. The fourth-order valence-electron chi connectivity index (χ4n) is 3.73. The summed E-state index contributed by atoms with van der Waals surface area (Å²) >= 11 is 0. The van der Waals surface area contributed by atoms with Crippen molar-refractivity contribution in [2.75, 3.05) is 0 Å². The van der Waals surface area contributed by atoms with E-state index in [1.165, 1.54) is 0 Å². The number of ketones is 1. The highest BCUT2D eigenvalue weighted by atomic mass is 16.6. The highest BCUT2D eigenvalue weighted by molar-refractivity contribution is 5.84. The van der Waals surface area contributed by atoms with Gasteiger partial charge in [-0.15, -0.1) is 0 Å². The molecule has 0 aliphatic carbocycles. The third kappa shape index (κ3) is 3.81. The van der Waals surface area contributed by atoms with Crippen LogP contribution in [-0.4, -0.2) is 16.8 Å². The summed E-state index contributed by atoms with van der Waals surface area (Å²) in [5, 5.41) is 0. The Morgan fingerprint density at radius 2 is 1.14 bits per heavy atom. The summed E-state index contributed by atoms with van der Waals surface area (Å²) in [6.07, 6.45) is 0.135. The summed E-state index contributed by atoms with van der Waals surface area (Å²) in [5.74, 6) is 0.634. The first-order chi connectivity index (χ1) is 13.7. The molecule has 0 aromatic heterocycles. The van der Waals surface area contributed by atoms with Gasteiger partial charge >= 0.3 is 6.09 Å². The number of carbonyl (C=O) groups is 2. The lowest BCUT2D eigenvalue weighted by atomic mass is 9.87. The van der Waals surface area contributed by atoms with Crippen molar-refractivity contribution >= 4 is 11.9 Å². The van der Waals surface area contributed by atoms with E-state index >= 15 is 0 Å². The third-order valence-electron chi connectivity index (χ3n) is 5.04. The van der Waals surface area contributed by atoms with Crippen LogP contribution in [0.1, 0.15) is 36.1 Å². The minimum Gasteiger partial charge on any atom is -0.410 e. The molecule has 0 unspecified atom stereocenters. The number of nitrogens with zero attached hydrogens (tertiary/aromatic N) is 1. The van der Waals surface area contributed by atoms with Gasteiger partial charge < -0.3 is 4.74 Å². The molecule has 140 valence electrons. The van der Waals surface area contributed by atoms with Crippen molar-refractivity contribution in [2.45, 2.75) is 24.9 Å². The first-order valence-corrected chi connectivity index (χ1v) is 9.39. The number of amides is 1. The van der Waals surface area contributed by atoms with E-state index in [9.17, 15) is 9.59 Å². The molecule has 0 saturated carbocycles. The average Bonchev–Trinajstić information content (AvgIpc) is 2.75. The Balaban J connectivity index is 1.73. The largest absolute Gasteiger partial charge is 0.416 e. The second-order valence-corrected chi connectivity index (χ2v) is 6.89. The summed E-state index contributed by atoms with van der Waals surface area (Å²) in [6, 6.07) is 27.7. The molecule has 0 bridgehead atoms. The van der Waals surface area contributed by atoms with Crippen molar-refractivity contribution in [3.05, 3.63) is 102 Å². The summed E-state index contributed by atoms with van der Waals surface area (Å²) in [5.41, 5.74) is 1.86. The van der Waals surface area contributed by atoms with E-state index in [4.69, 9.17) is 4.74 Å². The van der Waals surface area contributed by atoms with Gasteiger partial charge in [0.05, 0.1) is 12.1 Å². The Labute approximate surface area is 164 Å². The smallest absolute Gasteiger partial charge is 0.410 e. The molecule has 0 N–H and O–H groups in total. The number of para-hydroxylation sites is 1. The van der Waals surface area contributed by atoms with Gasteiger partial charge in [-0.1, -0.05) is 78.9 Å². The van der Waals surface area contributed by atoms with Crippen molar-refractivity contribution in [3.63, 3.8) is 0 Å². The van der Waals surface area contributed by atoms with Crippen LogP contribution in [0.4, 0.5) is 4.79 Å². The first-order valence-electron chi connectivity index (χ1n) is 9.39. The standard InChI is InChI=1S/C24H21NO3/c26-20-16-22(18-10-4-1-5-11-18)25(23(17-20)19-12-6-2-7-13-19)24(27)28-21-14-8-3-9-15-21/h1-15,22-23H,16-17H2/t22-,23+. The van der Waals surface area contributed by atoms with Gasteiger partial charge in [-0.05, 0) is 23.3 Å². The summed E-state index contributed by atoms with van der Waals surface area (Å²) < 4.78 is 5.67. The second kappa shape index (κ2) is 8.09. The van der Waals surface area contributed by atoms with Crippen molar-refractivity contribution in [3.8, 4) is 5.75 Å². The molecule has 0 radical (unpaired) electrons. The van der Waals surface area contributed by atoms with Crippen LogP contribution in [0.25, 0.3) is 0 Å². The molecule has 1 saturated heterocycles. The average molecular weight is 371 g/mol. The Kier molecular flexibility index (Phi) is 5.20. The Hall–Kier alpha value is -3.40. The Morgan fingerprint density at radius 1 is 0.714 bits per heavy atom. The molecule has 1 heterocycles. The van der Waals surface area contributed by atoms with E-state index in [2.05, 4.69) is 0 Å². The first kappa shape index (κ1) is 18.0. The molecule has 28 heavy (non-hydrogen) atoms. The fraction of sp³-hybridized carbons (Fsp3) is 0.167. The second-order valence-electron chi connectivity index (χ2n) is 6.89. The van der Waals surface area contributed by atoms with Crippen molar-refractivity contribution in [2.24, 2.45) is 0 Å². The van der Waals surface area contributed by atoms with Gasteiger partial charge in [-0.25, -0.2) is 4.79 Å². The van der Waals surface area contributed by atoms with E-state index in [1.807, 2.05) is 78.9 Å². The van der Waals surface area contributed by atoms with E-state index in [1.54, 1.807) is 17.0 Å². The maximum Gasteiger partial charge on any atom is 0.416 e. The Morgan fingerprint density at radius 3 is 1.61 bits per heavy atom. The monoisotopic (exact) mass is 371 g/mol. The zero-order valence-corrected chi connectivity index (χ0v) is 15.4. The van der Waals surface area contributed by atoms with Gasteiger partial charge in [0, 0.05) is 12.8 Å². The van der Waals surface area contributed by atoms with Crippen molar-refractivity contribution in [1.82, 2.24) is 4.90 Å². The molecular formula is C24H21NO3. The van der Waals surface area contributed by atoms with Crippen LogP contribution >= 0.6 is 0 Å². The number of rotatable bonds is 3. The lowest BCUT2D eigenvalue weighted by Gasteiger charge is -2.41. The van der Waals surface area contributed by atoms with Gasteiger partial charge in [0.15, 0.2) is 0 Å². The van der Waals surface area contributed by atoms with E-state index in [0.29, 0.717) is 5.75 Å². The zero-order chi connectivity index (χ0) is 19.3. The third-order valence-corrected chi connectivity index (χ3v) is 5.04. The van der Waals surface area contributed by atoms with Crippen LogP contribution in [0.2, 0.25) is 0 Å². The normalized spacial score (nSPS) is 19.3. The van der Waals surface area contributed by atoms with Crippen LogP contribution in [0, 0.1) is 0 Å². The summed E-state index contributed by atoms with van der Waals surface area (Å²) in [4.78, 5) is 27.5. The molecule has 4 heteroatoms. The van der Waals surface area contributed by atoms with Crippen LogP contribution < -0.4 is 4.74 Å². The van der Waals surface area contributed by atoms with Crippen molar-refractivity contribution < 1.29 is 14.3 Å². The van der Waals surface area contributed by atoms with E-state index in [0.717, 1.165) is 11.1 Å². The fourth-order valence-corrected chi connectivity index (χ4v) is 3.73. The lowest BCUT2D eigenvalue weighted by Crippen LogP contribution is -2.45. The maximum absolute atomic E-state index is 13.2. The van der Waals surface area contributed by atoms with Crippen LogP contribution in [0.15, 0.2) is 91.0 Å². The Bertz CT molecular complexity index is 890. The number of likely N-dealkylation sites (tertiary alicyclic amines) is 1. The maximum atomic E-state index is 13.2. The molecule has 4 nitrogen and oxygen atoms in total. The summed E-state index contributed by atoms with van der Waals surface area (Å²) in [7, 11) is 0. The minimum absolute atomic E-state index is 0.145. The molecule has 3 aromatic rings. The number of benzene rings is 3. The summed E-state index contributed by atoms with van der Waals surface area (Å²) in [6.45, 7) is 0. The van der Waals surface area contributed by atoms with Gasteiger partial charge in [-0.3, -0.25) is 9.69 Å². The van der Waals surface area contributed by atoms with E-state index in [-0.39, 0.29) is 30.7 Å². The number of piperidine rings is 1. The molecule has 3 aromatic carbocycles. The molecule has 1 aliphatic heterocycles. The molecule has 4 rings (SSSR count). The van der Waals surface area contributed by atoms with Gasteiger partial charge in [-0.2, -0.15) is 0 Å². The topological polar surface area (TPSA) is 46.6 Å². The molecule has 1 aliphatic rings. The predicted octanol–water partition coefficient (Wildman–Crippen LogP) is 5.33. The van der Waals surface area contributed by atoms with E-state index < -0.39 is 6.09 Å². The minimum atomic E-state index is -0.443. The van der Waals surface area contributed by atoms with Crippen LogP contribution in [0.5, 0.6) is 5.75 Å². The van der Waals surface area contributed by atoms with Gasteiger partial charge in [0.2, 0.25) is 0 Å². The molecule has 2 atom stereocenters. The molecular weight excluding hydrogens is 350 g/mol. The number of ether oxygens (including phenoxy) is 1. The number of carbonyl (C=O) groups excluding carboxylic acids is 2. The van der Waals surface area contributed by atoms with Crippen LogP contribution in [0.3, 0.4) is 0 Å². The highest BCUT2D eigenvalue weighted by Crippen LogP contribution is 2.40. The predicted molar refractivity (Wildman–Crippen MR) is 107 cm³/mol. The lowest BCUT2D eigenvalue weighted by molar-refractivity contribution is -0.124. The molecule has 1 fully saturated rings. The van der Waals surface area contributed by atoms with Gasteiger partial charge in [0.25, 0.3) is 0 Å². The number of hydrogen-bond donors (Lipinski definition) is 0. The quantitative estimate of drug-likeness (QED) is 0.625. The highest BCUT2D eigenvalue weighted by Gasteiger charge is 2.40. The SMILES string of the molecule is O=C1C[C@H](c2ccccc2)N(C(=O)Oc2ccccc2)[C@H](c2ccccc2)C1. The van der Waals surface area contributed by atoms with Crippen molar-refractivity contribution in [1.29, 1.82) is 0 Å². The van der Waals surface area contributed by atoms with Gasteiger partial charge in [0.1, 0.15) is 11.5 Å².